The van der Waals surface area contributed by atoms with Crippen molar-refractivity contribution in [1.29, 1.82) is 0 Å². The number of aromatic nitrogens is 2. The molecule has 4 heteroatoms. The number of hydrogen-bond donors (Lipinski definition) is 0. The zero-order valence-corrected chi connectivity index (χ0v) is 22.4. The molecule has 180 valence electrons. The lowest BCUT2D eigenvalue weighted by molar-refractivity contribution is -0.651. The van der Waals surface area contributed by atoms with Gasteiger partial charge in [-0.1, -0.05) is 133 Å². The third-order valence-corrected chi connectivity index (χ3v) is 11.5. The van der Waals surface area contributed by atoms with Gasteiger partial charge in [-0.15, -0.1) is 0 Å². The van der Waals surface area contributed by atoms with Gasteiger partial charge in [-0.05, 0) is 33.4 Å². The van der Waals surface area contributed by atoms with Crippen molar-refractivity contribution in [3.63, 3.8) is 0 Å². The Morgan fingerprint density at radius 1 is 0.459 bits per heavy atom. The van der Waals surface area contributed by atoms with E-state index in [4.69, 9.17) is 0 Å². The van der Waals surface area contributed by atoms with Gasteiger partial charge < -0.3 is 0 Å². The number of fused-ring (bicyclic) bond motifs is 1. The molecular weight excluding hydrogens is 486 g/mol. The van der Waals surface area contributed by atoms with Gasteiger partial charge in [0.25, 0.3) is 0 Å². The molecular formula is C33H29N2P2+. The van der Waals surface area contributed by atoms with E-state index in [1.54, 1.807) is 0 Å². The topological polar surface area (TPSA) is 8.81 Å². The Morgan fingerprint density at radius 3 is 1.35 bits per heavy atom. The molecule has 0 N–H and O–H groups in total. The van der Waals surface area contributed by atoms with Crippen molar-refractivity contribution in [3.05, 3.63) is 152 Å². The van der Waals surface area contributed by atoms with Crippen LogP contribution in [0.2, 0.25) is 0 Å². The van der Waals surface area contributed by atoms with Gasteiger partial charge in [0, 0.05) is 15.8 Å². The first kappa shape index (κ1) is 23.8. The van der Waals surface area contributed by atoms with Crippen LogP contribution in [0.4, 0.5) is 0 Å². The lowest BCUT2D eigenvalue weighted by atomic mass is 10.3. The smallest absolute Gasteiger partial charge is 0.225 e. The van der Waals surface area contributed by atoms with Crippen molar-refractivity contribution in [2.75, 3.05) is 0 Å². The lowest BCUT2D eigenvalue weighted by Gasteiger charge is -2.17. The molecule has 1 heterocycles. The molecule has 0 unspecified atom stereocenters. The molecule has 0 atom stereocenters. The zero-order chi connectivity index (χ0) is 24.9. The molecule has 0 aliphatic heterocycles. The molecule has 0 saturated heterocycles. The normalized spacial score (nSPS) is 11.4. The molecule has 0 aliphatic rings. The van der Waals surface area contributed by atoms with Crippen molar-refractivity contribution >= 4 is 48.1 Å². The first-order chi connectivity index (χ1) is 18.4. The number of imidazole rings is 1. The summed E-state index contributed by atoms with van der Waals surface area (Å²) in [4.78, 5) is 0. The van der Waals surface area contributed by atoms with E-state index < -0.39 is 15.8 Å². The van der Waals surface area contributed by atoms with Crippen LogP contribution in [0.15, 0.2) is 152 Å². The predicted molar refractivity (Wildman–Crippen MR) is 160 cm³/mol. The van der Waals surface area contributed by atoms with E-state index in [1.165, 1.54) is 32.3 Å². The van der Waals surface area contributed by atoms with Gasteiger partial charge in [-0.2, -0.15) is 0 Å². The van der Waals surface area contributed by atoms with Crippen LogP contribution in [-0.4, -0.2) is 4.57 Å². The quantitative estimate of drug-likeness (QED) is 0.171. The molecule has 0 aliphatic carbocycles. The Morgan fingerprint density at radius 2 is 0.865 bits per heavy atom. The van der Waals surface area contributed by atoms with E-state index in [1.807, 2.05) is 0 Å². The van der Waals surface area contributed by atoms with Crippen LogP contribution < -0.4 is 25.8 Å². The largest absolute Gasteiger partial charge is 0.245 e. The fourth-order valence-electron chi connectivity index (χ4n) is 4.83. The predicted octanol–water partition coefficient (Wildman–Crippen LogP) is 6.11. The fourth-order valence-corrected chi connectivity index (χ4v) is 9.27. The van der Waals surface area contributed by atoms with E-state index in [-0.39, 0.29) is 0 Å². The Kier molecular flexibility index (Phi) is 7.22. The van der Waals surface area contributed by atoms with Crippen molar-refractivity contribution in [1.82, 2.24) is 4.57 Å². The Labute approximate surface area is 221 Å². The highest BCUT2D eigenvalue weighted by molar-refractivity contribution is 7.72. The van der Waals surface area contributed by atoms with E-state index >= 15 is 0 Å². The van der Waals surface area contributed by atoms with Crippen LogP contribution in [0, 0.1) is 0 Å². The van der Waals surface area contributed by atoms with Crippen LogP contribution in [-0.2, 0) is 12.6 Å². The molecule has 0 spiro atoms. The molecule has 0 radical (unpaired) electrons. The van der Waals surface area contributed by atoms with Gasteiger partial charge in [0.05, 0.1) is 0 Å². The first-order valence-corrected chi connectivity index (χ1v) is 15.6. The summed E-state index contributed by atoms with van der Waals surface area (Å²) in [7, 11) is -1.08. The average Bonchev–Trinajstić information content (AvgIpc) is 3.33. The molecule has 0 fully saturated rings. The SMILES string of the molecule is c1ccc(P(Cn2c[n+](CP(c3ccccc3)c3ccccc3)c3ccccc32)c2ccccc2)cc1. The van der Waals surface area contributed by atoms with Crippen LogP contribution in [0.5, 0.6) is 0 Å². The van der Waals surface area contributed by atoms with Crippen molar-refractivity contribution in [2.24, 2.45) is 0 Å². The van der Waals surface area contributed by atoms with Gasteiger partial charge in [0.15, 0.2) is 11.0 Å². The van der Waals surface area contributed by atoms with Gasteiger partial charge >= 0.3 is 0 Å². The third-order valence-electron chi connectivity index (χ3n) is 6.64. The maximum atomic E-state index is 2.48. The summed E-state index contributed by atoms with van der Waals surface area (Å²) in [5.74, 6) is 0. The minimum Gasteiger partial charge on any atom is -0.225 e. The maximum Gasteiger partial charge on any atom is 0.245 e. The molecule has 1 aromatic heterocycles. The monoisotopic (exact) mass is 515 g/mol. The number of nitrogens with zero attached hydrogens (tertiary/aromatic N) is 2. The maximum absolute atomic E-state index is 2.48. The minimum absolute atomic E-state index is 0.540. The van der Waals surface area contributed by atoms with Gasteiger partial charge in [-0.3, -0.25) is 0 Å². The summed E-state index contributed by atoms with van der Waals surface area (Å²) < 4.78 is 4.95. The molecule has 0 amide bonds. The van der Waals surface area contributed by atoms with Crippen molar-refractivity contribution in [3.8, 4) is 0 Å². The summed E-state index contributed by atoms with van der Waals surface area (Å²) in [6, 6.07) is 52.8. The second-order valence-corrected chi connectivity index (χ2v) is 13.4. The Bertz CT molecular complexity index is 1370. The van der Waals surface area contributed by atoms with Crippen molar-refractivity contribution < 1.29 is 4.57 Å². The molecule has 2 nitrogen and oxygen atoms in total. The van der Waals surface area contributed by atoms with Gasteiger partial charge in [0.1, 0.15) is 12.6 Å². The zero-order valence-electron chi connectivity index (χ0n) is 20.6. The third kappa shape index (κ3) is 5.28. The number of para-hydroxylation sites is 2. The fraction of sp³-hybridized carbons (Fsp3) is 0.0606. The molecule has 6 aromatic rings. The lowest BCUT2D eigenvalue weighted by Crippen LogP contribution is -2.35. The summed E-state index contributed by atoms with van der Waals surface area (Å²) in [6.45, 7) is 0. The average molecular weight is 516 g/mol. The molecule has 5 aromatic carbocycles. The van der Waals surface area contributed by atoms with Crippen LogP contribution in [0.3, 0.4) is 0 Å². The number of benzene rings is 5. The Hall–Kier alpha value is -3.57. The number of rotatable bonds is 8. The second kappa shape index (κ2) is 11.2. The van der Waals surface area contributed by atoms with Gasteiger partial charge in [-0.25, -0.2) is 9.13 Å². The standard InChI is InChI=1S/C33H29N2P2/c1-5-15-28(16-6-1)36(29-17-7-2-8-18-29)26-34-25-35(33-24-14-13-23-32(33)34)27-37(30-19-9-3-10-20-30)31-21-11-4-12-22-31/h1-25H,26-27H2/q+1. The Balaban J connectivity index is 1.42. The van der Waals surface area contributed by atoms with Crippen LogP contribution >= 0.6 is 15.8 Å². The van der Waals surface area contributed by atoms with Gasteiger partial charge in [0.2, 0.25) is 6.33 Å². The minimum atomic E-state index is -0.540. The van der Waals surface area contributed by atoms with Crippen LogP contribution in [0.25, 0.3) is 11.0 Å². The molecule has 0 bridgehead atoms. The van der Waals surface area contributed by atoms with Crippen molar-refractivity contribution in [2.45, 2.75) is 12.6 Å². The highest BCUT2D eigenvalue weighted by Gasteiger charge is 2.24. The number of hydrogen-bond acceptors (Lipinski definition) is 0. The molecule has 6 rings (SSSR count). The summed E-state index contributed by atoms with van der Waals surface area (Å²) in [5.41, 5.74) is 2.58. The van der Waals surface area contributed by atoms with E-state index in [0.29, 0.717) is 0 Å². The summed E-state index contributed by atoms with van der Waals surface area (Å²) in [6.07, 6.45) is 4.25. The summed E-state index contributed by atoms with van der Waals surface area (Å²) >= 11 is 0. The van der Waals surface area contributed by atoms with Crippen LogP contribution in [0.1, 0.15) is 0 Å². The van der Waals surface area contributed by atoms with E-state index in [0.717, 1.165) is 12.6 Å². The van der Waals surface area contributed by atoms with E-state index in [9.17, 15) is 0 Å². The summed E-state index contributed by atoms with van der Waals surface area (Å²) in [5, 5.41) is 5.63. The molecule has 0 saturated carbocycles. The highest BCUT2D eigenvalue weighted by atomic mass is 31.1. The molecule has 37 heavy (non-hydrogen) atoms. The highest BCUT2D eigenvalue weighted by Crippen LogP contribution is 2.37. The second-order valence-electron chi connectivity index (χ2n) is 9.02. The first-order valence-electron chi connectivity index (χ1n) is 12.6. The van der Waals surface area contributed by atoms with E-state index in [2.05, 4.69) is 161 Å².